The fraction of sp³-hybridized carbons (Fsp3) is 0.500. The molecule has 0 saturated carbocycles. The highest BCUT2D eigenvalue weighted by Gasteiger charge is 2.36. The Kier molecular flexibility index (Phi) is 3.55. The number of hydrogen-bond donors (Lipinski definition) is 1. The maximum Gasteiger partial charge on any atom is 0.164 e. The van der Waals surface area contributed by atoms with Crippen LogP contribution in [0.1, 0.15) is 18.4 Å². The zero-order valence-electron chi connectivity index (χ0n) is 12.7. The number of fused-ring (bicyclic) bond motifs is 1. The number of rotatable bonds is 3. The van der Waals surface area contributed by atoms with Gasteiger partial charge in [-0.2, -0.15) is 0 Å². The first-order valence-electron chi connectivity index (χ1n) is 7.12. The molecule has 1 aliphatic heterocycles. The van der Waals surface area contributed by atoms with E-state index in [2.05, 4.69) is 11.9 Å². The summed E-state index contributed by atoms with van der Waals surface area (Å²) in [5.41, 5.74) is 0.707. The van der Waals surface area contributed by atoms with E-state index in [-0.39, 0.29) is 0 Å². The van der Waals surface area contributed by atoms with Crippen LogP contribution in [-0.4, -0.2) is 44.4 Å². The van der Waals surface area contributed by atoms with Crippen LogP contribution in [0.25, 0.3) is 11.0 Å². The smallest absolute Gasteiger partial charge is 0.164 e. The molecule has 1 N–H and O–H groups in total. The van der Waals surface area contributed by atoms with Gasteiger partial charge in [0.05, 0.1) is 26.1 Å². The average Bonchev–Trinajstić information content (AvgIpc) is 2.92. The molecule has 1 aromatic heterocycles. The van der Waals surface area contributed by atoms with Crippen molar-refractivity contribution in [2.75, 3.05) is 34.4 Å². The van der Waals surface area contributed by atoms with Gasteiger partial charge in [0.1, 0.15) is 5.58 Å². The first-order chi connectivity index (χ1) is 10.1. The Bertz CT molecular complexity index is 641. The molecule has 21 heavy (non-hydrogen) atoms. The number of nitrogens with zero attached hydrogens (tertiary/aromatic N) is 1. The van der Waals surface area contributed by atoms with Gasteiger partial charge in [-0.15, -0.1) is 0 Å². The Morgan fingerprint density at radius 3 is 2.38 bits per heavy atom. The SMILES string of the molecule is COc1cc2occ(C3(O)CCN(C)CC3)c2cc1OC. The third-order valence-corrected chi connectivity index (χ3v) is 4.40. The quantitative estimate of drug-likeness (QED) is 0.941. The summed E-state index contributed by atoms with van der Waals surface area (Å²) in [5.74, 6) is 1.27. The summed E-state index contributed by atoms with van der Waals surface area (Å²) in [6.45, 7) is 1.74. The minimum atomic E-state index is -0.836. The summed E-state index contributed by atoms with van der Waals surface area (Å²) in [6.07, 6.45) is 3.06. The monoisotopic (exact) mass is 291 g/mol. The van der Waals surface area contributed by atoms with E-state index in [0.717, 1.165) is 24.0 Å². The third kappa shape index (κ3) is 2.36. The lowest BCUT2D eigenvalue weighted by Crippen LogP contribution is -2.40. The number of piperidine rings is 1. The normalized spacial score (nSPS) is 18.9. The van der Waals surface area contributed by atoms with Gasteiger partial charge >= 0.3 is 0 Å². The van der Waals surface area contributed by atoms with Crippen molar-refractivity contribution < 1.29 is 19.0 Å². The van der Waals surface area contributed by atoms with Crippen LogP contribution in [0.2, 0.25) is 0 Å². The molecule has 0 atom stereocenters. The minimum Gasteiger partial charge on any atom is -0.493 e. The van der Waals surface area contributed by atoms with Crippen LogP contribution < -0.4 is 9.47 Å². The van der Waals surface area contributed by atoms with Crippen molar-refractivity contribution in [1.29, 1.82) is 0 Å². The van der Waals surface area contributed by atoms with E-state index in [1.54, 1.807) is 26.5 Å². The number of aliphatic hydroxyl groups is 1. The van der Waals surface area contributed by atoms with E-state index in [1.807, 2.05) is 6.07 Å². The molecule has 2 heterocycles. The average molecular weight is 291 g/mol. The molecule has 5 nitrogen and oxygen atoms in total. The highest BCUT2D eigenvalue weighted by Crippen LogP contribution is 2.41. The molecule has 3 rings (SSSR count). The van der Waals surface area contributed by atoms with Gasteiger partial charge in [-0.3, -0.25) is 0 Å². The van der Waals surface area contributed by atoms with Gasteiger partial charge in [0.2, 0.25) is 0 Å². The Balaban J connectivity index is 2.07. The molecule has 1 fully saturated rings. The summed E-state index contributed by atoms with van der Waals surface area (Å²) in [4.78, 5) is 2.22. The number of furan rings is 1. The van der Waals surface area contributed by atoms with Crippen molar-refractivity contribution in [2.24, 2.45) is 0 Å². The van der Waals surface area contributed by atoms with Gasteiger partial charge < -0.3 is 23.9 Å². The van der Waals surface area contributed by atoms with Gasteiger partial charge in [0.15, 0.2) is 11.5 Å². The first-order valence-corrected chi connectivity index (χ1v) is 7.12. The van der Waals surface area contributed by atoms with Crippen molar-refractivity contribution in [1.82, 2.24) is 4.90 Å². The maximum absolute atomic E-state index is 11.0. The number of benzene rings is 1. The van der Waals surface area contributed by atoms with E-state index in [4.69, 9.17) is 13.9 Å². The minimum absolute atomic E-state index is 0.626. The second kappa shape index (κ2) is 5.24. The van der Waals surface area contributed by atoms with Crippen molar-refractivity contribution in [3.05, 3.63) is 24.0 Å². The fourth-order valence-electron chi connectivity index (χ4n) is 2.97. The van der Waals surface area contributed by atoms with Gasteiger partial charge in [-0.05, 0) is 26.0 Å². The maximum atomic E-state index is 11.0. The molecule has 1 aliphatic rings. The largest absolute Gasteiger partial charge is 0.493 e. The molecule has 0 bridgehead atoms. The second-order valence-electron chi connectivity index (χ2n) is 5.69. The Hall–Kier alpha value is -1.72. The third-order valence-electron chi connectivity index (χ3n) is 4.40. The predicted molar refractivity (Wildman–Crippen MR) is 79.9 cm³/mol. The summed E-state index contributed by atoms with van der Waals surface area (Å²) >= 11 is 0. The summed E-state index contributed by atoms with van der Waals surface area (Å²) < 4.78 is 16.3. The molecule has 0 amide bonds. The molecular formula is C16H21NO4. The fourth-order valence-corrected chi connectivity index (χ4v) is 2.97. The van der Waals surface area contributed by atoms with E-state index in [0.29, 0.717) is 29.9 Å². The molecule has 114 valence electrons. The van der Waals surface area contributed by atoms with Crippen LogP contribution in [-0.2, 0) is 5.60 Å². The van der Waals surface area contributed by atoms with E-state index in [1.165, 1.54) is 0 Å². The van der Waals surface area contributed by atoms with Crippen LogP contribution in [0, 0.1) is 0 Å². The summed E-state index contributed by atoms with van der Waals surface area (Å²) in [7, 11) is 5.27. The van der Waals surface area contributed by atoms with Crippen molar-refractivity contribution in [3.8, 4) is 11.5 Å². The Morgan fingerprint density at radius 1 is 1.14 bits per heavy atom. The standard InChI is InChI=1S/C16H21NO4/c1-17-6-4-16(18,5-7-17)12-10-21-13-9-15(20-3)14(19-2)8-11(12)13/h8-10,18H,4-7H2,1-3H3. The lowest BCUT2D eigenvalue weighted by Gasteiger charge is -2.36. The summed E-state index contributed by atoms with van der Waals surface area (Å²) in [5, 5.41) is 11.9. The van der Waals surface area contributed by atoms with Crippen molar-refractivity contribution >= 4 is 11.0 Å². The van der Waals surface area contributed by atoms with Gasteiger partial charge in [0.25, 0.3) is 0 Å². The molecule has 0 radical (unpaired) electrons. The molecule has 5 heteroatoms. The van der Waals surface area contributed by atoms with E-state index in [9.17, 15) is 5.11 Å². The molecular weight excluding hydrogens is 270 g/mol. The van der Waals surface area contributed by atoms with Crippen LogP contribution in [0.5, 0.6) is 11.5 Å². The van der Waals surface area contributed by atoms with E-state index < -0.39 is 5.60 Å². The lowest BCUT2D eigenvalue weighted by atomic mass is 9.84. The second-order valence-corrected chi connectivity index (χ2v) is 5.69. The lowest BCUT2D eigenvalue weighted by molar-refractivity contribution is -0.0196. The van der Waals surface area contributed by atoms with Crippen LogP contribution in [0.15, 0.2) is 22.8 Å². The van der Waals surface area contributed by atoms with Gasteiger partial charge in [0, 0.05) is 30.1 Å². The molecule has 1 saturated heterocycles. The zero-order chi connectivity index (χ0) is 15.0. The summed E-state index contributed by atoms with van der Waals surface area (Å²) in [6, 6.07) is 3.68. The molecule has 0 aliphatic carbocycles. The van der Waals surface area contributed by atoms with Crippen LogP contribution >= 0.6 is 0 Å². The molecule has 0 unspecified atom stereocenters. The zero-order valence-corrected chi connectivity index (χ0v) is 12.7. The molecule has 1 aromatic carbocycles. The van der Waals surface area contributed by atoms with E-state index >= 15 is 0 Å². The van der Waals surface area contributed by atoms with Crippen LogP contribution in [0.4, 0.5) is 0 Å². The Morgan fingerprint density at radius 2 is 1.76 bits per heavy atom. The molecule has 0 spiro atoms. The number of methoxy groups -OCH3 is 2. The molecule has 2 aromatic rings. The van der Waals surface area contributed by atoms with Gasteiger partial charge in [-0.1, -0.05) is 0 Å². The highest BCUT2D eigenvalue weighted by molar-refractivity contribution is 5.85. The van der Waals surface area contributed by atoms with Crippen molar-refractivity contribution in [2.45, 2.75) is 18.4 Å². The topological polar surface area (TPSA) is 55.1 Å². The number of likely N-dealkylation sites (tertiary alicyclic amines) is 1. The number of hydrogen-bond acceptors (Lipinski definition) is 5. The van der Waals surface area contributed by atoms with Crippen molar-refractivity contribution in [3.63, 3.8) is 0 Å². The number of ether oxygens (including phenoxy) is 2. The first kappa shape index (κ1) is 14.2. The van der Waals surface area contributed by atoms with Gasteiger partial charge in [-0.25, -0.2) is 0 Å². The predicted octanol–water partition coefficient (Wildman–Crippen LogP) is 2.36. The highest BCUT2D eigenvalue weighted by atomic mass is 16.5. The van der Waals surface area contributed by atoms with Crippen LogP contribution in [0.3, 0.4) is 0 Å². The Labute approximate surface area is 124 Å².